The van der Waals surface area contributed by atoms with E-state index in [1.54, 1.807) is 49.6 Å². The van der Waals surface area contributed by atoms with E-state index in [1.807, 2.05) is 0 Å². The lowest BCUT2D eigenvalue weighted by atomic mass is 10.3. The van der Waals surface area contributed by atoms with Gasteiger partial charge in [-0.2, -0.15) is 0 Å². The van der Waals surface area contributed by atoms with Gasteiger partial charge in [0.05, 0.1) is 0 Å². The molecule has 0 atom stereocenters. The molecule has 0 radical (unpaired) electrons. The van der Waals surface area contributed by atoms with Crippen molar-refractivity contribution in [2.24, 2.45) is 0 Å². The lowest BCUT2D eigenvalue weighted by molar-refractivity contribution is 0.600. The number of nitrogens with zero attached hydrogens (tertiary/aromatic N) is 4. The summed E-state index contributed by atoms with van der Waals surface area (Å²) in [6.07, 6.45) is 4.46. The highest BCUT2D eigenvalue weighted by Gasteiger charge is 2.16. The van der Waals surface area contributed by atoms with Gasteiger partial charge in [-0.3, -0.25) is 9.71 Å². The van der Waals surface area contributed by atoms with Crippen molar-refractivity contribution >= 4 is 15.8 Å². The number of aryl methyl sites for hydroxylation is 1. The van der Waals surface area contributed by atoms with Crippen LogP contribution < -0.4 is 4.72 Å². The molecule has 0 aromatic carbocycles. The summed E-state index contributed by atoms with van der Waals surface area (Å²) in [4.78, 5) is 16.4. The van der Waals surface area contributed by atoms with Crippen LogP contribution >= 0.6 is 0 Å². The summed E-state index contributed by atoms with van der Waals surface area (Å²) in [5.74, 6) is 0.699. The number of anilines is 1. The summed E-state index contributed by atoms with van der Waals surface area (Å²) in [7, 11) is -3.74. The smallest absolute Gasteiger partial charge is 0.263 e. The molecule has 0 aliphatic rings. The minimum absolute atomic E-state index is 0.0421. The van der Waals surface area contributed by atoms with E-state index >= 15 is 0 Å². The Balaban J connectivity index is 1.86. The average molecular weight is 327 g/mol. The van der Waals surface area contributed by atoms with E-state index in [9.17, 15) is 8.42 Å². The van der Waals surface area contributed by atoms with Crippen LogP contribution in [-0.4, -0.2) is 28.4 Å². The first-order chi connectivity index (χ1) is 11.0. The zero-order valence-corrected chi connectivity index (χ0v) is 13.0. The number of sulfonamides is 1. The van der Waals surface area contributed by atoms with Crippen molar-refractivity contribution in [1.82, 2.24) is 19.9 Å². The van der Waals surface area contributed by atoms with E-state index < -0.39 is 10.0 Å². The SMILES string of the molecule is Cc1cccc(NS(=O)(=O)c2ccc(-c3ncccn3)nc2)n1. The molecule has 8 heteroatoms. The quantitative estimate of drug-likeness (QED) is 0.787. The lowest BCUT2D eigenvalue weighted by Gasteiger charge is -2.08. The molecule has 0 fully saturated rings. The predicted octanol–water partition coefficient (Wildman–Crippen LogP) is 2.04. The van der Waals surface area contributed by atoms with Gasteiger partial charge in [0.15, 0.2) is 5.82 Å². The number of nitrogens with one attached hydrogen (secondary N) is 1. The van der Waals surface area contributed by atoms with Crippen LogP contribution in [0.3, 0.4) is 0 Å². The van der Waals surface area contributed by atoms with E-state index in [4.69, 9.17) is 0 Å². The average Bonchev–Trinajstić information content (AvgIpc) is 2.55. The Morgan fingerprint density at radius 1 is 0.957 bits per heavy atom. The minimum Gasteiger partial charge on any atom is -0.263 e. The molecule has 7 nitrogen and oxygen atoms in total. The third kappa shape index (κ3) is 3.49. The fourth-order valence-corrected chi connectivity index (χ4v) is 2.84. The Bertz CT molecular complexity index is 912. The van der Waals surface area contributed by atoms with Crippen molar-refractivity contribution in [2.75, 3.05) is 4.72 Å². The molecule has 3 aromatic rings. The molecule has 0 saturated heterocycles. The summed E-state index contributed by atoms with van der Waals surface area (Å²) >= 11 is 0. The zero-order valence-electron chi connectivity index (χ0n) is 12.2. The van der Waals surface area contributed by atoms with Crippen molar-refractivity contribution in [2.45, 2.75) is 11.8 Å². The molecule has 23 heavy (non-hydrogen) atoms. The van der Waals surface area contributed by atoms with Crippen molar-refractivity contribution in [3.05, 3.63) is 60.7 Å². The number of hydrogen-bond donors (Lipinski definition) is 1. The van der Waals surface area contributed by atoms with Crippen LogP contribution in [0.4, 0.5) is 5.82 Å². The van der Waals surface area contributed by atoms with E-state index in [0.717, 1.165) is 5.69 Å². The van der Waals surface area contributed by atoms with Gasteiger partial charge >= 0.3 is 0 Å². The maximum absolute atomic E-state index is 12.3. The maximum Gasteiger partial charge on any atom is 0.264 e. The number of hydrogen-bond acceptors (Lipinski definition) is 6. The second-order valence-electron chi connectivity index (χ2n) is 4.72. The van der Waals surface area contributed by atoms with Gasteiger partial charge in [0, 0.05) is 24.3 Å². The second-order valence-corrected chi connectivity index (χ2v) is 6.40. The number of pyridine rings is 2. The Morgan fingerprint density at radius 2 is 1.74 bits per heavy atom. The standard InChI is InChI=1S/C15H13N5O2S/c1-11-4-2-5-14(19-11)20-23(21,22)12-6-7-13(18-10-12)15-16-8-3-9-17-15/h2-10H,1H3,(H,19,20). The molecule has 0 aliphatic carbocycles. The van der Waals surface area contributed by atoms with Gasteiger partial charge in [-0.1, -0.05) is 6.07 Å². The van der Waals surface area contributed by atoms with Crippen LogP contribution in [0.15, 0.2) is 59.9 Å². The second kappa shape index (κ2) is 6.09. The molecule has 3 heterocycles. The van der Waals surface area contributed by atoms with E-state index in [1.165, 1.54) is 12.3 Å². The maximum atomic E-state index is 12.3. The van der Waals surface area contributed by atoms with Crippen molar-refractivity contribution in [1.29, 1.82) is 0 Å². The first-order valence-corrected chi connectivity index (χ1v) is 8.23. The highest BCUT2D eigenvalue weighted by atomic mass is 32.2. The van der Waals surface area contributed by atoms with E-state index in [0.29, 0.717) is 11.5 Å². The molecule has 0 saturated carbocycles. The largest absolute Gasteiger partial charge is 0.264 e. The molecule has 3 aromatic heterocycles. The molecule has 1 N–H and O–H groups in total. The summed E-state index contributed by atoms with van der Waals surface area (Å²) in [6.45, 7) is 1.79. The minimum atomic E-state index is -3.74. The molecular formula is C15H13N5O2S. The van der Waals surface area contributed by atoms with Crippen molar-refractivity contribution in [3.63, 3.8) is 0 Å². The molecular weight excluding hydrogens is 314 g/mol. The number of aromatic nitrogens is 4. The molecule has 3 rings (SSSR count). The summed E-state index contributed by atoms with van der Waals surface area (Å²) in [5.41, 5.74) is 1.22. The molecule has 0 spiro atoms. The van der Waals surface area contributed by atoms with Gasteiger partial charge in [0.1, 0.15) is 16.4 Å². The Labute approximate surface area is 133 Å². The zero-order chi connectivity index (χ0) is 16.3. The van der Waals surface area contributed by atoms with Gasteiger partial charge in [-0.15, -0.1) is 0 Å². The first-order valence-electron chi connectivity index (χ1n) is 6.74. The predicted molar refractivity (Wildman–Crippen MR) is 85.0 cm³/mol. The Kier molecular flexibility index (Phi) is 3.98. The van der Waals surface area contributed by atoms with Crippen LogP contribution in [0.25, 0.3) is 11.5 Å². The number of rotatable bonds is 4. The molecule has 116 valence electrons. The van der Waals surface area contributed by atoms with Gasteiger partial charge < -0.3 is 0 Å². The Morgan fingerprint density at radius 3 is 2.39 bits per heavy atom. The van der Waals surface area contributed by atoms with E-state index in [2.05, 4.69) is 24.7 Å². The van der Waals surface area contributed by atoms with Gasteiger partial charge in [-0.25, -0.2) is 23.4 Å². The van der Waals surface area contributed by atoms with Crippen LogP contribution in [-0.2, 0) is 10.0 Å². The molecule has 0 amide bonds. The van der Waals surface area contributed by atoms with Gasteiger partial charge in [0.2, 0.25) is 0 Å². The topological polar surface area (TPSA) is 97.7 Å². The highest BCUT2D eigenvalue weighted by molar-refractivity contribution is 7.92. The van der Waals surface area contributed by atoms with Crippen LogP contribution in [0.5, 0.6) is 0 Å². The summed E-state index contributed by atoms with van der Waals surface area (Å²) in [6, 6.07) is 9.82. The fraction of sp³-hybridized carbons (Fsp3) is 0.0667. The van der Waals surface area contributed by atoms with Crippen molar-refractivity contribution < 1.29 is 8.42 Å². The van der Waals surface area contributed by atoms with Crippen molar-refractivity contribution in [3.8, 4) is 11.5 Å². The van der Waals surface area contributed by atoms with Crippen LogP contribution in [0.2, 0.25) is 0 Å². The third-order valence-electron chi connectivity index (χ3n) is 2.97. The first kappa shape index (κ1) is 15.0. The highest BCUT2D eigenvalue weighted by Crippen LogP contribution is 2.17. The molecule has 0 unspecified atom stereocenters. The lowest BCUT2D eigenvalue weighted by Crippen LogP contribution is -2.14. The van der Waals surface area contributed by atoms with Gasteiger partial charge in [-0.05, 0) is 37.3 Å². The Hall–Kier alpha value is -2.87. The molecule has 0 aliphatic heterocycles. The van der Waals surface area contributed by atoms with Gasteiger partial charge in [0.25, 0.3) is 10.0 Å². The summed E-state index contributed by atoms with van der Waals surface area (Å²) < 4.78 is 27.1. The molecule has 0 bridgehead atoms. The van der Waals surface area contributed by atoms with Crippen LogP contribution in [0.1, 0.15) is 5.69 Å². The summed E-state index contributed by atoms with van der Waals surface area (Å²) in [5, 5.41) is 0. The monoisotopic (exact) mass is 327 g/mol. The van der Waals surface area contributed by atoms with Crippen LogP contribution in [0, 0.1) is 6.92 Å². The normalized spacial score (nSPS) is 11.2. The third-order valence-corrected chi connectivity index (χ3v) is 4.31. The fourth-order valence-electron chi connectivity index (χ4n) is 1.90. The van der Waals surface area contributed by atoms with E-state index in [-0.39, 0.29) is 10.7 Å².